The molecule has 0 spiro atoms. The average molecular weight is 215 g/mol. The predicted octanol–water partition coefficient (Wildman–Crippen LogP) is 2.43. The molecule has 0 amide bonds. The summed E-state index contributed by atoms with van der Waals surface area (Å²) in [5.41, 5.74) is 0. The molecule has 0 bridgehead atoms. The Kier molecular flexibility index (Phi) is 4.96. The quantitative estimate of drug-likeness (QED) is 0.784. The van der Waals surface area contributed by atoms with Crippen LogP contribution in [0.2, 0.25) is 0 Å². The first-order chi connectivity index (χ1) is 6.63. The molecule has 1 aliphatic rings. The molecule has 1 rings (SSSR count). The van der Waals surface area contributed by atoms with Crippen LogP contribution in [-0.4, -0.2) is 23.5 Å². The van der Waals surface area contributed by atoms with Gasteiger partial charge in [0.1, 0.15) is 0 Å². The van der Waals surface area contributed by atoms with Crippen molar-refractivity contribution in [1.82, 2.24) is 5.32 Å². The van der Waals surface area contributed by atoms with Gasteiger partial charge in [-0.25, -0.2) is 0 Å². The monoisotopic (exact) mass is 215 g/mol. The summed E-state index contributed by atoms with van der Waals surface area (Å²) in [7, 11) is 0. The molecule has 0 atom stereocenters. The Bertz CT molecular complexity index is 186. The van der Waals surface area contributed by atoms with Crippen molar-refractivity contribution in [3.05, 3.63) is 0 Å². The number of carbonyl (C=O) groups excluding carboxylic acids is 1. The highest BCUT2D eigenvalue weighted by atomic mass is 32.2. The van der Waals surface area contributed by atoms with Crippen LogP contribution in [0.5, 0.6) is 0 Å². The van der Waals surface area contributed by atoms with Gasteiger partial charge in [-0.2, -0.15) is 0 Å². The first-order valence-corrected chi connectivity index (χ1v) is 6.69. The lowest BCUT2D eigenvalue weighted by atomic mass is 9.86. The van der Waals surface area contributed by atoms with Crippen LogP contribution in [0.25, 0.3) is 0 Å². The standard InChI is InChI=1S/C11H21NOS/c1-8(2)12-10-6-4-9(5-7-10)11(13)14-3/h8-10,12H,4-7H2,1-3H3. The van der Waals surface area contributed by atoms with Gasteiger partial charge in [-0.15, -0.1) is 0 Å². The van der Waals surface area contributed by atoms with Gasteiger partial charge in [-0.3, -0.25) is 4.79 Å². The third kappa shape index (κ3) is 3.62. The van der Waals surface area contributed by atoms with Gasteiger partial charge in [0.2, 0.25) is 0 Å². The third-order valence-corrected chi connectivity index (χ3v) is 3.57. The van der Waals surface area contributed by atoms with Crippen LogP contribution in [0, 0.1) is 5.92 Å². The maximum Gasteiger partial charge on any atom is 0.191 e. The zero-order valence-electron chi connectivity index (χ0n) is 9.38. The van der Waals surface area contributed by atoms with E-state index in [0.717, 1.165) is 25.7 Å². The Balaban J connectivity index is 2.27. The molecule has 3 heteroatoms. The molecular formula is C11H21NOS. The Morgan fingerprint density at radius 2 is 1.86 bits per heavy atom. The maximum absolute atomic E-state index is 11.4. The van der Waals surface area contributed by atoms with Crippen LogP contribution in [0.4, 0.5) is 0 Å². The molecule has 0 aromatic rings. The van der Waals surface area contributed by atoms with E-state index in [9.17, 15) is 4.79 Å². The fourth-order valence-corrected chi connectivity index (χ4v) is 2.70. The van der Waals surface area contributed by atoms with Crippen LogP contribution in [0.3, 0.4) is 0 Å². The zero-order valence-corrected chi connectivity index (χ0v) is 10.2. The molecule has 0 unspecified atom stereocenters. The van der Waals surface area contributed by atoms with E-state index < -0.39 is 0 Å². The molecule has 0 aliphatic heterocycles. The Morgan fingerprint density at radius 1 is 1.29 bits per heavy atom. The van der Waals surface area contributed by atoms with Crippen LogP contribution >= 0.6 is 11.8 Å². The minimum Gasteiger partial charge on any atom is -0.312 e. The van der Waals surface area contributed by atoms with E-state index in [1.807, 2.05) is 6.26 Å². The topological polar surface area (TPSA) is 29.1 Å². The van der Waals surface area contributed by atoms with Gasteiger partial charge >= 0.3 is 0 Å². The van der Waals surface area contributed by atoms with E-state index in [0.29, 0.717) is 23.1 Å². The normalized spacial score (nSPS) is 28.0. The first kappa shape index (κ1) is 12.1. The van der Waals surface area contributed by atoms with Gasteiger partial charge in [0.05, 0.1) is 0 Å². The van der Waals surface area contributed by atoms with Gasteiger partial charge in [-0.1, -0.05) is 25.6 Å². The smallest absolute Gasteiger partial charge is 0.191 e. The van der Waals surface area contributed by atoms with E-state index in [-0.39, 0.29) is 0 Å². The van der Waals surface area contributed by atoms with E-state index in [2.05, 4.69) is 19.2 Å². The number of hydrogen-bond acceptors (Lipinski definition) is 3. The summed E-state index contributed by atoms with van der Waals surface area (Å²) in [6, 6.07) is 1.20. The molecule has 14 heavy (non-hydrogen) atoms. The van der Waals surface area contributed by atoms with Crippen LogP contribution in [0.15, 0.2) is 0 Å². The highest BCUT2D eigenvalue weighted by molar-refractivity contribution is 8.13. The molecule has 0 aromatic carbocycles. The Morgan fingerprint density at radius 3 is 2.29 bits per heavy atom. The van der Waals surface area contributed by atoms with Crippen molar-refractivity contribution >= 4 is 16.9 Å². The molecule has 0 radical (unpaired) electrons. The molecular weight excluding hydrogens is 194 g/mol. The molecule has 1 fully saturated rings. The highest BCUT2D eigenvalue weighted by Crippen LogP contribution is 2.27. The largest absolute Gasteiger partial charge is 0.312 e. The van der Waals surface area contributed by atoms with E-state index in [1.54, 1.807) is 0 Å². The van der Waals surface area contributed by atoms with Crippen molar-refractivity contribution in [2.24, 2.45) is 5.92 Å². The summed E-state index contributed by atoms with van der Waals surface area (Å²) in [6.45, 7) is 4.36. The molecule has 2 nitrogen and oxygen atoms in total. The Labute approximate surface area is 91.2 Å². The second-order valence-corrected chi connectivity index (χ2v) is 5.20. The number of rotatable bonds is 3. The summed E-state index contributed by atoms with van der Waals surface area (Å²) >= 11 is 1.39. The van der Waals surface area contributed by atoms with Gasteiger partial charge in [0, 0.05) is 18.0 Å². The number of thioether (sulfide) groups is 1. The number of nitrogens with one attached hydrogen (secondary N) is 1. The fraction of sp³-hybridized carbons (Fsp3) is 0.909. The SMILES string of the molecule is CSC(=O)C1CCC(NC(C)C)CC1. The van der Waals surface area contributed by atoms with Gasteiger partial charge in [0.15, 0.2) is 5.12 Å². The number of carbonyl (C=O) groups is 1. The van der Waals surface area contributed by atoms with Crippen molar-refractivity contribution in [2.45, 2.75) is 51.6 Å². The van der Waals surface area contributed by atoms with Gasteiger partial charge in [-0.05, 0) is 31.9 Å². The first-order valence-electron chi connectivity index (χ1n) is 5.47. The molecule has 0 saturated heterocycles. The maximum atomic E-state index is 11.4. The van der Waals surface area contributed by atoms with Gasteiger partial charge in [0.25, 0.3) is 0 Å². The van der Waals surface area contributed by atoms with E-state index >= 15 is 0 Å². The number of hydrogen-bond donors (Lipinski definition) is 1. The van der Waals surface area contributed by atoms with Crippen molar-refractivity contribution in [3.8, 4) is 0 Å². The molecule has 1 N–H and O–H groups in total. The summed E-state index contributed by atoms with van der Waals surface area (Å²) in [5, 5.41) is 3.92. The van der Waals surface area contributed by atoms with Crippen LogP contribution in [-0.2, 0) is 4.79 Å². The minimum atomic E-state index is 0.329. The van der Waals surface area contributed by atoms with E-state index in [4.69, 9.17) is 0 Å². The molecule has 1 saturated carbocycles. The fourth-order valence-electron chi connectivity index (χ4n) is 2.13. The lowest BCUT2D eigenvalue weighted by molar-refractivity contribution is -0.115. The molecule has 1 aliphatic carbocycles. The van der Waals surface area contributed by atoms with Crippen molar-refractivity contribution in [3.63, 3.8) is 0 Å². The van der Waals surface area contributed by atoms with Crippen molar-refractivity contribution in [2.75, 3.05) is 6.26 Å². The Hall–Kier alpha value is -0.0200. The zero-order chi connectivity index (χ0) is 10.6. The molecule has 0 aromatic heterocycles. The predicted molar refractivity (Wildman–Crippen MR) is 62.5 cm³/mol. The lowest BCUT2D eigenvalue weighted by Gasteiger charge is -2.29. The molecule has 82 valence electrons. The van der Waals surface area contributed by atoms with Gasteiger partial charge < -0.3 is 5.32 Å². The molecule has 0 heterocycles. The summed E-state index contributed by atoms with van der Waals surface area (Å²) < 4.78 is 0. The second kappa shape index (κ2) is 5.76. The highest BCUT2D eigenvalue weighted by Gasteiger charge is 2.25. The summed E-state index contributed by atoms with van der Waals surface area (Å²) in [4.78, 5) is 11.4. The lowest BCUT2D eigenvalue weighted by Crippen LogP contribution is -2.38. The summed E-state index contributed by atoms with van der Waals surface area (Å²) in [6.07, 6.45) is 6.36. The van der Waals surface area contributed by atoms with Crippen LogP contribution < -0.4 is 5.32 Å². The van der Waals surface area contributed by atoms with E-state index in [1.165, 1.54) is 11.8 Å². The third-order valence-electron chi connectivity index (χ3n) is 2.83. The van der Waals surface area contributed by atoms with Crippen LogP contribution in [0.1, 0.15) is 39.5 Å². The van der Waals surface area contributed by atoms with Crippen molar-refractivity contribution < 1.29 is 4.79 Å². The minimum absolute atomic E-state index is 0.329. The summed E-state index contributed by atoms with van der Waals surface area (Å²) in [5.74, 6) is 0.329. The average Bonchev–Trinajstić information content (AvgIpc) is 2.17. The van der Waals surface area contributed by atoms with Crippen molar-refractivity contribution in [1.29, 1.82) is 0 Å². The second-order valence-electron chi connectivity index (χ2n) is 4.39.